The number of hydrogen-bond donors (Lipinski definition) is 2. The molecule has 0 aliphatic rings. The minimum atomic E-state index is -0.0485. The van der Waals surface area contributed by atoms with E-state index < -0.39 is 0 Å². The van der Waals surface area contributed by atoms with Crippen LogP contribution in [0.4, 0.5) is 0 Å². The highest BCUT2D eigenvalue weighted by atomic mass is 35.5. The zero-order chi connectivity index (χ0) is 11.4. The van der Waals surface area contributed by atoms with Crippen LogP contribution in [-0.4, -0.2) is 29.3 Å². The van der Waals surface area contributed by atoms with Gasteiger partial charge in [0.1, 0.15) is 5.15 Å². The lowest BCUT2D eigenvalue weighted by Crippen LogP contribution is -2.31. The first-order valence-electron chi connectivity index (χ1n) is 4.65. The number of likely N-dealkylation sites (N-methyl/N-ethyl adjacent to an activating group) is 1. The van der Waals surface area contributed by atoms with E-state index in [1.165, 1.54) is 0 Å². The fraction of sp³-hybridized carbons (Fsp3) is 0.556. The number of amides is 1. The molecule has 0 aliphatic carbocycles. The quantitative estimate of drug-likeness (QED) is 0.778. The lowest BCUT2D eigenvalue weighted by atomic mass is 10.2. The molecule has 5 nitrogen and oxygen atoms in total. The highest BCUT2D eigenvalue weighted by Crippen LogP contribution is 2.17. The Morgan fingerprint density at radius 2 is 2.27 bits per heavy atom. The Labute approximate surface area is 93.8 Å². The van der Waals surface area contributed by atoms with E-state index >= 15 is 0 Å². The molecule has 6 heteroatoms. The molecular weight excluding hydrogens is 216 g/mol. The zero-order valence-corrected chi connectivity index (χ0v) is 9.85. The summed E-state index contributed by atoms with van der Waals surface area (Å²) in [4.78, 5) is 10.9. The molecule has 0 saturated carbocycles. The average Bonchev–Trinajstić information content (AvgIpc) is 2.44. The summed E-state index contributed by atoms with van der Waals surface area (Å²) in [6, 6.07) is 0. The van der Waals surface area contributed by atoms with E-state index in [9.17, 15) is 4.79 Å². The van der Waals surface area contributed by atoms with Gasteiger partial charge in [-0.3, -0.25) is 9.48 Å². The van der Waals surface area contributed by atoms with Gasteiger partial charge in [0.2, 0.25) is 5.91 Å². The second-order valence-electron chi connectivity index (χ2n) is 3.26. The van der Waals surface area contributed by atoms with Gasteiger partial charge in [0.05, 0.1) is 12.2 Å². The van der Waals surface area contributed by atoms with Crippen LogP contribution in [0.2, 0.25) is 5.15 Å². The third kappa shape index (κ3) is 2.94. The van der Waals surface area contributed by atoms with Crippen LogP contribution in [0.25, 0.3) is 0 Å². The van der Waals surface area contributed by atoms with Crippen molar-refractivity contribution in [2.24, 2.45) is 7.05 Å². The molecule has 1 aromatic heterocycles. The molecule has 0 fully saturated rings. The summed E-state index contributed by atoms with van der Waals surface area (Å²) >= 11 is 6.02. The monoisotopic (exact) mass is 230 g/mol. The first-order valence-corrected chi connectivity index (χ1v) is 5.03. The van der Waals surface area contributed by atoms with Crippen molar-refractivity contribution >= 4 is 17.5 Å². The van der Waals surface area contributed by atoms with E-state index in [1.54, 1.807) is 18.8 Å². The van der Waals surface area contributed by atoms with Crippen LogP contribution >= 0.6 is 11.6 Å². The van der Waals surface area contributed by atoms with E-state index in [-0.39, 0.29) is 12.5 Å². The number of hydrogen-bond acceptors (Lipinski definition) is 3. The maximum atomic E-state index is 10.9. The van der Waals surface area contributed by atoms with Crippen LogP contribution in [0.15, 0.2) is 0 Å². The lowest BCUT2D eigenvalue weighted by Gasteiger charge is -2.03. The van der Waals surface area contributed by atoms with Gasteiger partial charge in [0.15, 0.2) is 0 Å². The molecular formula is C9H15ClN4O. The van der Waals surface area contributed by atoms with Crippen LogP contribution in [0.1, 0.15) is 11.3 Å². The number of carbonyl (C=O) groups excluding carboxylic acids is 1. The van der Waals surface area contributed by atoms with Crippen molar-refractivity contribution in [3.05, 3.63) is 16.4 Å². The van der Waals surface area contributed by atoms with Crippen LogP contribution in [-0.2, 0) is 18.4 Å². The highest BCUT2D eigenvalue weighted by molar-refractivity contribution is 6.30. The molecule has 1 heterocycles. The third-order valence-corrected chi connectivity index (χ3v) is 2.61. The SMILES string of the molecule is CNC(=O)CNCc1c(C)nn(C)c1Cl. The number of nitrogens with zero attached hydrogens (tertiary/aromatic N) is 2. The van der Waals surface area contributed by atoms with Gasteiger partial charge >= 0.3 is 0 Å². The summed E-state index contributed by atoms with van der Waals surface area (Å²) in [7, 11) is 3.39. The van der Waals surface area contributed by atoms with Crippen molar-refractivity contribution < 1.29 is 4.79 Å². The molecule has 0 unspecified atom stereocenters. The topological polar surface area (TPSA) is 59.0 Å². The van der Waals surface area contributed by atoms with Crippen molar-refractivity contribution in [1.29, 1.82) is 0 Å². The van der Waals surface area contributed by atoms with Crippen molar-refractivity contribution in [3.63, 3.8) is 0 Å². The predicted octanol–water partition coefficient (Wildman–Crippen LogP) is 0.218. The Kier molecular flexibility index (Phi) is 4.11. The normalized spacial score (nSPS) is 10.4. The second kappa shape index (κ2) is 5.14. The summed E-state index contributed by atoms with van der Waals surface area (Å²) < 4.78 is 1.62. The molecule has 15 heavy (non-hydrogen) atoms. The molecule has 0 aliphatic heterocycles. The van der Waals surface area contributed by atoms with Gasteiger partial charge in [-0.25, -0.2) is 0 Å². The van der Waals surface area contributed by atoms with E-state index in [2.05, 4.69) is 15.7 Å². The van der Waals surface area contributed by atoms with Crippen molar-refractivity contribution in [3.8, 4) is 0 Å². The number of halogens is 1. The van der Waals surface area contributed by atoms with Gasteiger partial charge in [-0.1, -0.05) is 11.6 Å². The standard InChI is InChI=1S/C9H15ClN4O/c1-6-7(9(10)14(3)13-6)4-12-5-8(15)11-2/h12H,4-5H2,1-3H3,(H,11,15). The first kappa shape index (κ1) is 12.0. The Hall–Kier alpha value is -1.07. The minimum absolute atomic E-state index is 0.0485. The molecule has 0 radical (unpaired) electrons. The number of carbonyl (C=O) groups is 1. The molecule has 0 saturated heterocycles. The lowest BCUT2D eigenvalue weighted by molar-refractivity contribution is -0.119. The summed E-state index contributed by atoms with van der Waals surface area (Å²) in [5, 5.41) is 10.3. The smallest absolute Gasteiger partial charge is 0.233 e. The summed E-state index contributed by atoms with van der Waals surface area (Å²) in [5.41, 5.74) is 1.81. The van der Waals surface area contributed by atoms with Crippen molar-refractivity contribution in [1.82, 2.24) is 20.4 Å². The Balaban J connectivity index is 2.54. The van der Waals surface area contributed by atoms with Crippen molar-refractivity contribution in [2.75, 3.05) is 13.6 Å². The largest absolute Gasteiger partial charge is 0.358 e. The summed E-state index contributed by atoms with van der Waals surface area (Å²) in [6.45, 7) is 2.72. The van der Waals surface area contributed by atoms with Gasteiger partial charge < -0.3 is 10.6 Å². The van der Waals surface area contributed by atoms with E-state index in [0.717, 1.165) is 11.3 Å². The van der Waals surface area contributed by atoms with Crippen LogP contribution in [0.3, 0.4) is 0 Å². The Bertz CT molecular complexity index is 361. The molecule has 0 spiro atoms. The fourth-order valence-corrected chi connectivity index (χ4v) is 1.51. The second-order valence-corrected chi connectivity index (χ2v) is 3.61. The summed E-state index contributed by atoms with van der Waals surface area (Å²) in [6.07, 6.45) is 0. The van der Waals surface area contributed by atoms with Gasteiger partial charge in [0.25, 0.3) is 0 Å². The molecule has 2 N–H and O–H groups in total. The third-order valence-electron chi connectivity index (χ3n) is 2.14. The first-order chi connectivity index (χ1) is 7.06. The van der Waals surface area contributed by atoms with Gasteiger partial charge in [-0.05, 0) is 6.92 Å². The number of aryl methyl sites for hydroxylation is 2. The van der Waals surface area contributed by atoms with Crippen molar-refractivity contribution in [2.45, 2.75) is 13.5 Å². The summed E-state index contributed by atoms with van der Waals surface area (Å²) in [5.74, 6) is -0.0485. The number of rotatable bonds is 4. The molecule has 84 valence electrons. The Morgan fingerprint density at radius 1 is 1.60 bits per heavy atom. The molecule has 1 amide bonds. The van der Waals surface area contributed by atoms with Crippen LogP contribution < -0.4 is 10.6 Å². The van der Waals surface area contributed by atoms with E-state index in [4.69, 9.17) is 11.6 Å². The Morgan fingerprint density at radius 3 is 2.73 bits per heavy atom. The molecule has 0 atom stereocenters. The van der Waals surface area contributed by atoms with Gasteiger partial charge in [0, 0.05) is 26.2 Å². The number of aromatic nitrogens is 2. The maximum Gasteiger partial charge on any atom is 0.233 e. The van der Waals surface area contributed by atoms with Crippen LogP contribution in [0, 0.1) is 6.92 Å². The molecule has 1 rings (SSSR count). The fourth-order valence-electron chi connectivity index (χ4n) is 1.26. The molecule has 0 aromatic carbocycles. The molecule has 0 bridgehead atoms. The maximum absolute atomic E-state index is 10.9. The zero-order valence-electron chi connectivity index (χ0n) is 9.09. The highest BCUT2D eigenvalue weighted by Gasteiger charge is 2.10. The van der Waals surface area contributed by atoms with E-state index in [1.807, 2.05) is 6.92 Å². The number of nitrogens with one attached hydrogen (secondary N) is 2. The predicted molar refractivity (Wildman–Crippen MR) is 58.7 cm³/mol. The van der Waals surface area contributed by atoms with Crippen LogP contribution in [0.5, 0.6) is 0 Å². The average molecular weight is 231 g/mol. The van der Waals surface area contributed by atoms with Gasteiger partial charge in [-0.15, -0.1) is 0 Å². The molecule has 1 aromatic rings. The van der Waals surface area contributed by atoms with E-state index in [0.29, 0.717) is 11.7 Å². The van der Waals surface area contributed by atoms with Gasteiger partial charge in [-0.2, -0.15) is 5.10 Å². The minimum Gasteiger partial charge on any atom is -0.358 e.